The van der Waals surface area contributed by atoms with Crippen LogP contribution in [0.3, 0.4) is 0 Å². The van der Waals surface area contributed by atoms with Gasteiger partial charge < -0.3 is 9.84 Å². The Balaban J connectivity index is 2.30. The molecule has 2 aromatic carbocycles. The molecule has 0 bridgehead atoms. The lowest BCUT2D eigenvalue weighted by atomic mass is 10.1. The quantitative estimate of drug-likeness (QED) is 0.643. The molecule has 0 aliphatic heterocycles. The summed E-state index contributed by atoms with van der Waals surface area (Å²) in [4.78, 5) is 10.7. The Kier molecular flexibility index (Phi) is 6.81. The predicted octanol–water partition coefficient (Wildman–Crippen LogP) is 4.39. The molecule has 0 saturated carbocycles. The monoisotopic (exact) mass is 457 g/mol. The third-order valence-electron chi connectivity index (χ3n) is 3.33. The zero-order chi connectivity index (χ0) is 21.1. The SMILES string of the molecule is O=C(O)C[C@H](NS(=O)(=O)c1ccc(OC(F)(F)F)cc1)c1cc(Cl)cc(Cl)c1. The van der Waals surface area contributed by atoms with Gasteiger partial charge in [-0.1, -0.05) is 23.2 Å². The number of sulfonamides is 1. The Morgan fingerprint density at radius 3 is 2.11 bits per heavy atom. The summed E-state index contributed by atoms with van der Waals surface area (Å²) in [6.45, 7) is 0. The number of carboxylic acid groups (broad SMARTS) is 1. The molecule has 6 nitrogen and oxygen atoms in total. The van der Waals surface area contributed by atoms with E-state index >= 15 is 0 Å². The zero-order valence-electron chi connectivity index (χ0n) is 13.7. The third kappa shape index (κ3) is 6.55. The van der Waals surface area contributed by atoms with Gasteiger partial charge in [0.25, 0.3) is 0 Å². The number of aliphatic carboxylic acids is 1. The van der Waals surface area contributed by atoms with E-state index in [1.54, 1.807) is 0 Å². The maximum absolute atomic E-state index is 12.5. The minimum Gasteiger partial charge on any atom is -0.481 e. The normalized spacial score (nSPS) is 13.2. The van der Waals surface area contributed by atoms with E-state index in [0.29, 0.717) is 0 Å². The first-order valence-corrected chi connectivity index (χ1v) is 9.65. The molecule has 0 spiro atoms. The highest BCUT2D eigenvalue weighted by atomic mass is 35.5. The van der Waals surface area contributed by atoms with E-state index in [-0.39, 0.29) is 20.5 Å². The van der Waals surface area contributed by atoms with Gasteiger partial charge in [0.1, 0.15) is 5.75 Å². The fraction of sp³-hybridized carbons (Fsp3) is 0.188. The van der Waals surface area contributed by atoms with Crippen molar-refractivity contribution in [2.75, 3.05) is 0 Å². The van der Waals surface area contributed by atoms with Gasteiger partial charge in [-0.3, -0.25) is 4.79 Å². The van der Waals surface area contributed by atoms with Gasteiger partial charge in [-0.2, -0.15) is 0 Å². The Bertz CT molecular complexity index is 945. The van der Waals surface area contributed by atoms with Gasteiger partial charge >= 0.3 is 12.3 Å². The molecule has 0 unspecified atom stereocenters. The molecule has 0 amide bonds. The number of carboxylic acids is 1. The number of carbonyl (C=O) groups is 1. The largest absolute Gasteiger partial charge is 0.573 e. The van der Waals surface area contributed by atoms with Crippen molar-refractivity contribution in [2.24, 2.45) is 0 Å². The molecule has 0 radical (unpaired) electrons. The number of hydrogen-bond acceptors (Lipinski definition) is 4. The molecule has 1 atom stereocenters. The molecule has 0 aliphatic rings. The van der Waals surface area contributed by atoms with Crippen LogP contribution in [0.4, 0.5) is 13.2 Å². The highest BCUT2D eigenvalue weighted by Gasteiger charge is 2.31. The van der Waals surface area contributed by atoms with E-state index in [1.165, 1.54) is 18.2 Å². The number of alkyl halides is 3. The summed E-state index contributed by atoms with van der Waals surface area (Å²) in [5.41, 5.74) is 0.209. The first kappa shape index (κ1) is 22.3. The maximum Gasteiger partial charge on any atom is 0.573 e. The number of hydrogen-bond donors (Lipinski definition) is 2. The molecule has 2 aromatic rings. The summed E-state index contributed by atoms with van der Waals surface area (Å²) in [7, 11) is -4.28. The lowest BCUT2D eigenvalue weighted by Crippen LogP contribution is -2.30. The molecule has 2 N–H and O–H groups in total. The fourth-order valence-corrected chi connectivity index (χ4v) is 4.02. The van der Waals surface area contributed by atoms with Crippen molar-refractivity contribution in [2.45, 2.75) is 23.7 Å². The van der Waals surface area contributed by atoms with Gasteiger partial charge in [-0.15, -0.1) is 13.2 Å². The summed E-state index contributed by atoms with van der Waals surface area (Å²) in [5, 5.41) is 9.42. The molecule has 0 aliphatic carbocycles. The number of nitrogens with one attached hydrogen (secondary N) is 1. The maximum atomic E-state index is 12.5. The molecule has 0 fully saturated rings. The van der Waals surface area contributed by atoms with Gasteiger partial charge in [-0.05, 0) is 48.0 Å². The van der Waals surface area contributed by atoms with Crippen LogP contribution >= 0.6 is 23.2 Å². The van der Waals surface area contributed by atoms with E-state index in [9.17, 15) is 26.4 Å². The van der Waals surface area contributed by atoms with Crippen LogP contribution in [0.25, 0.3) is 0 Å². The van der Waals surface area contributed by atoms with Crippen molar-refractivity contribution < 1.29 is 36.2 Å². The van der Waals surface area contributed by atoms with Gasteiger partial charge in [0.2, 0.25) is 10.0 Å². The number of benzene rings is 2. The molecule has 0 heterocycles. The first-order valence-electron chi connectivity index (χ1n) is 7.42. The number of halogens is 5. The Hall–Kier alpha value is -2.01. The van der Waals surface area contributed by atoms with Gasteiger partial charge in [0.05, 0.1) is 17.4 Å². The van der Waals surface area contributed by atoms with E-state index in [1.807, 2.05) is 0 Å². The van der Waals surface area contributed by atoms with Crippen LogP contribution in [0.1, 0.15) is 18.0 Å². The Labute approximate surface area is 167 Å². The molecule has 12 heteroatoms. The topological polar surface area (TPSA) is 92.7 Å². The molecule has 0 aromatic heterocycles. The Morgan fingerprint density at radius 1 is 1.11 bits per heavy atom. The minimum atomic E-state index is -4.92. The van der Waals surface area contributed by atoms with Crippen LogP contribution in [0.2, 0.25) is 10.0 Å². The third-order valence-corrected chi connectivity index (χ3v) is 5.26. The number of ether oxygens (including phenoxy) is 1. The minimum absolute atomic E-state index is 0.172. The van der Waals surface area contributed by atoms with Crippen molar-refractivity contribution in [3.63, 3.8) is 0 Å². The van der Waals surface area contributed by atoms with Gasteiger partial charge in [0, 0.05) is 10.0 Å². The summed E-state index contributed by atoms with van der Waals surface area (Å²) < 4.78 is 67.5. The van der Waals surface area contributed by atoms with Crippen LogP contribution in [0.15, 0.2) is 47.4 Å². The van der Waals surface area contributed by atoms with E-state index in [0.717, 1.165) is 24.3 Å². The average molecular weight is 458 g/mol. The van der Waals surface area contributed by atoms with Crippen molar-refractivity contribution in [3.05, 3.63) is 58.1 Å². The highest BCUT2D eigenvalue weighted by molar-refractivity contribution is 7.89. The molecule has 2 rings (SSSR count). The van der Waals surface area contributed by atoms with Crippen LogP contribution in [-0.2, 0) is 14.8 Å². The lowest BCUT2D eigenvalue weighted by Gasteiger charge is -2.18. The van der Waals surface area contributed by atoms with Crippen LogP contribution in [0.5, 0.6) is 5.75 Å². The first-order chi connectivity index (χ1) is 12.9. The van der Waals surface area contributed by atoms with E-state index < -0.39 is 40.6 Å². The second-order valence-electron chi connectivity index (χ2n) is 5.49. The van der Waals surface area contributed by atoms with Crippen LogP contribution in [0, 0.1) is 0 Å². The van der Waals surface area contributed by atoms with Gasteiger partial charge in [-0.25, -0.2) is 13.1 Å². The smallest absolute Gasteiger partial charge is 0.481 e. The number of rotatable bonds is 7. The molecule has 28 heavy (non-hydrogen) atoms. The zero-order valence-corrected chi connectivity index (χ0v) is 16.0. The van der Waals surface area contributed by atoms with Crippen molar-refractivity contribution >= 4 is 39.2 Å². The summed E-state index contributed by atoms with van der Waals surface area (Å²) in [6, 6.07) is 6.31. The van der Waals surface area contributed by atoms with E-state index in [4.69, 9.17) is 28.3 Å². The Morgan fingerprint density at radius 2 is 1.64 bits per heavy atom. The van der Waals surface area contributed by atoms with Gasteiger partial charge in [0.15, 0.2) is 0 Å². The lowest BCUT2D eigenvalue weighted by molar-refractivity contribution is -0.274. The average Bonchev–Trinajstić information content (AvgIpc) is 2.51. The standard InChI is InChI=1S/C16H12Cl2F3NO5S/c17-10-5-9(6-11(18)7-10)14(8-15(23)24)22-28(25,26)13-3-1-12(2-4-13)27-16(19,20)21/h1-7,14,22H,8H2,(H,23,24)/t14-/m0/s1. The highest BCUT2D eigenvalue weighted by Crippen LogP contribution is 2.28. The second-order valence-corrected chi connectivity index (χ2v) is 8.08. The molecule has 152 valence electrons. The molecular weight excluding hydrogens is 446 g/mol. The van der Waals surface area contributed by atoms with Crippen molar-refractivity contribution in [1.82, 2.24) is 4.72 Å². The van der Waals surface area contributed by atoms with Crippen molar-refractivity contribution in [3.8, 4) is 5.75 Å². The summed E-state index contributed by atoms with van der Waals surface area (Å²) >= 11 is 11.7. The molecular formula is C16H12Cl2F3NO5S. The molecule has 0 saturated heterocycles. The second kappa shape index (κ2) is 8.56. The fourth-order valence-electron chi connectivity index (χ4n) is 2.25. The predicted molar refractivity (Wildman–Crippen MR) is 94.9 cm³/mol. The van der Waals surface area contributed by atoms with Crippen LogP contribution < -0.4 is 9.46 Å². The van der Waals surface area contributed by atoms with Crippen molar-refractivity contribution in [1.29, 1.82) is 0 Å². The summed E-state index contributed by atoms with van der Waals surface area (Å²) in [6.07, 6.45) is -5.54. The van der Waals surface area contributed by atoms with E-state index in [2.05, 4.69) is 9.46 Å². The van der Waals surface area contributed by atoms with Crippen LogP contribution in [-0.4, -0.2) is 25.9 Å². The summed E-state index contributed by atoms with van der Waals surface area (Å²) in [5.74, 6) is -1.90.